The lowest BCUT2D eigenvalue weighted by Crippen LogP contribution is -2.20. The summed E-state index contributed by atoms with van der Waals surface area (Å²) in [6.45, 7) is 7.20. The van der Waals surface area contributed by atoms with Gasteiger partial charge in [-0.3, -0.25) is 9.59 Å². The molecule has 2 N–H and O–H groups in total. The highest BCUT2D eigenvalue weighted by Gasteiger charge is 2.22. The molecule has 0 fully saturated rings. The van der Waals surface area contributed by atoms with Gasteiger partial charge >= 0.3 is 11.9 Å². The Balaban J connectivity index is 4.76. The number of carboxylic acid groups (broad SMARTS) is 2. The highest BCUT2D eigenvalue weighted by Crippen LogP contribution is 2.18. The van der Waals surface area contributed by atoms with Crippen molar-refractivity contribution in [3.63, 3.8) is 0 Å². The molecule has 92 valence electrons. The number of carbonyl (C=O) groups is 2. The maximum absolute atomic E-state index is 10.9. The van der Waals surface area contributed by atoms with Gasteiger partial charge in [-0.2, -0.15) is 0 Å². The molecule has 0 amide bonds. The van der Waals surface area contributed by atoms with E-state index in [1.54, 1.807) is 27.7 Å². The standard InChI is InChI=1S/C12H20O4/c1-7(2)9(11(13)14)5-6-10(8(3)4)12(15)16/h5-10H,1-4H3,(H,13,14)(H,15,16)/b6-5+. The molecule has 2 unspecified atom stereocenters. The van der Waals surface area contributed by atoms with Crippen molar-refractivity contribution >= 4 is 11.9 Å². The predicted octanol–water partition coefficient (Wildman–Crippen LogP) is 2.26. The molecule has 0 saturated carbocycles. The van der Waals surface area contributed by atoms with E-state index in [4.69, 9.17) is 10.2 Å². The van der Waals surface area contributed by atoms with Crippen LogP contribution < -0.4 is 0 Å². The van der Waals surface area contributed by atoms with Gasteiger partial charge in [-0.15, -0.1) is 0 Å². The number of carboxylic acids is 2. The van der Waals surface area contributed by atoms with E-state index >= 15 is 0 Å². The first kappa shape index (κ1) is 14.7. The summed E-state index contributed by atoms with van der Waals surface area (Å²) < 4.78 is 0. The smallest absolute Gasteiger partial charge is 0.310 e. The predicted molar refractivity (Wildman–Crippen MR) is 61.1 cm³/mol. The van der Waals surface area contributed by atoms with Crippen LogP contribution in [0.25, 0.3) is 0 Å². The molecule has 0 aliphatic carbocycles. The molecule has 0 spiro atoms. The third-order valence-corrected chi connectivity index (χ3v) is 2.53. The minimum absolute atomic E-state index is 0.0460. The summed E-state index contributed by atoms with van der Waals surface area (Å²) in [7, 11) is 0. The summed E-state index contributed by atoms with van der Waals surface area (Å²) in [6.07, 6.45) is 2.98. The Hall–Kier alpha value is -1.32. The topological polar surface area (TPSA) is 74.6 Å². The molecule has 0 aromatic carbocycles. The maximum Gasteiger partial charge on any atom is 0.310 e. The van der Waals surface area contributed by atoms with E-state index in [1.165, 1.54) is 12.2 Å². The summed E-state index contributed by atoms with van der Waals surface area (Å²) in [5, 5.41) is 17.9. The van der Waals surface area contributed by atoms with Crippen molar-refractivity contribution < 1.29 is 19.8 Å². The van der Waals surface area contributed by atoms with E-state index in [-0.39, 0.29) is 11.8 Å². The summed E-state index contributed by atoms with van der Waals surface area (Å²) in [5.74, 6) is -3.18. The van der Waals surface area contributed by atoms with E-state index in [2.05, 4.69) is 0 Å². The van der Waals surface area contributed by atoms with E-state index in [9.17, 15) is 9.59 Å². The van der Waals surface area contributed by atoms with E-state index in [0.29, 0.717) is 0 Å². The molecule has 4 heteroatoms. The molecule has 16 heavy (non-hydrogen) atoms. The van der Waals surface area contributed by atoms with E-state index < -0.39 is 23.8 Å². The van der Waals surface area contributed by atoms with Crippen molar-refractivity contribution in [3.05, 3.63) is 12.2 Å². The third kappa shape index (κ3) is 4.47. The Morgan fingerprint density at radius 1 is 0.812 bits per heavy atom. The fourth-order valence-electron chi connectivity index (χ4n) is 1.42. The van der Waals surface area contributed by atoms with Gasteiger partial charge < -0.3 is 10.2 Å². The van der Waals surface area contributed by atoms with Crippen LogP contribution in [0, 0.1) is 23.7 Å². The van der Waals surface area contributed by atoms with Crippen LogP contribution in [0.15, 0.2) is 12.2 Å². The second-order valence-corrected chi connectivity index (χ2v) is 4.60. The van der Waals surface area contributed by atoms with Crippen LogP contribution in [0.2, 0.25) is 0 Å². The van der Waals surface area contributed by atoms with Crippen molar-refractivity contribution in [2.45, 2.75) is 27.7 Å². The fraction of sp³-hybridized carbons (Fsp3) is 0.667. The Labute approximate surface area is 96.0 Å². The summed E-state index contributed by atoms with van der Waals surface area (Å²) in [4.78, 5) is 21.8. The summed E-state index contributed by atoms with van der Waals surface area (Å²) >= 11 is 0. The molecule has 0 aromatic heterocycles. The quantitative estimate of drug-likeness (QED) is 0.684. The largest absolute Gasteiger partial charge is 0.481 e. The molecule has 0 aliphatic heterocycles. The Kier molecular flexibility index (Phi) is 5.78. The zero-order valence-corrected chi connectivity index (χ0v) is 10.2. The van der Waals surface area contributed by atoms with Crippen molar-refractivity contribution in [1.29, 1.82) is 0 Å². The highest BCUT2D eigenvalue weighted by molar-refractivity contribution is 5.74. The van der Waals surface area contributed by atoms with E-state index in [1.807, 2.05) is 0 Å². The number of aliphatic carboxylic acids is 2. The lowest BCUT2D eigenvalue weighted by molar-refractivity contribution is -0.143. The van der Waals surface area contributed by atoms with Crippen molar-refractivity contribution in [2.75, 3.05) is 0 Å². The van der Waals surface area contributed by atoms with Crippen LogP contribution in [-0.4, -0.2) is 22.2 Å². The average Bonchev–Trinajstić information content (AvgIpc) is 2.09. The maximum atomic E-state index is 10.9. The highest BCUT2D eigenvalue weighted by atomic mass is 16.4. The lowest BCUT2D eigenvalue weighted by Gasteiger charge is -2.15. The van der Waals surface area contributed by atoms with Crippen molar-refractivity contribution in [2.24, 2.45) is 23.7 Å². The van der Waals surface area contributed by atoms with Gasteiger partial charge in [-0.1, -0.05) is 39.8 Å². The monoisotopic (exact) mass is 228 g/mol. The second-order valence-electron chi connectivity index (χ2n) is 4.60. The van der Waals surface area contributed by atoms with Crippen LogP contribution in [0.4, 0.5) is 0 Å². The van der Waals surface area contributed by atoms with E-state index in [0.717, 1.165) is 0 Å². The lowest BCUT2D eigenvalue weighted by atomic mass is 9.90. The van der Waals surface area contributed by atoms with Gasteiger partial charge in [0.25, 0.3) is 0 Å². The van der Waals surface area contributed by atoms with Crippen LogP contribution in [0.1, 0.15) is 27.7 Å². The normalized spacial score (nSPS) is 15.6. The molecule has 0 rings (SSSR count). The minimum Gasteiger partial charge on any atom is -0.481 e. The van der Waals surface area contributed by atoms with Crippen LogP contribution in [-0.2, 0) is 9.59 Å². The Bertz CT molecular complexity index is 251. The Morgan fingerprint density at radius 3 is 1.19 bits per heavy atom. The molecule has 0 radical (unpaired) electrons. The second kappa shape index (κ2) is 6.30. The molecule has 0 aliphatic rings. The van der Waals surface area contributed by atoms with Gasteiger partial charge in [0, 0.05) is 0 Å². The van der Waals surface area contributed by atoms with Gasteiger partial charge in [-0.25, -0.2) is 0 Å². The fourth-order valence-corrected chi connectivity index (χ4v) is 1.42. The van der Waals surface area contributed by atoms with Gasteiger partial charge in [0.2, 0.25) is 0 Å². The molecular weight excluding hydrogens is 208 g/mol. The molecular formula is C12H20O4. The summed E-state index contributed by atoms with van der Waals surface area (Å²) in [6, 6.07) is 0. The third-order valence-electron chi connectivity index (χ3n) is 2.53. The molecule has 0 bridgehead atoms. The Morgan fingerprint density at radius 2 is 1.06 bits per heavy atom. The van der Waals surface area contributed by atoms with Crippen LogP contribution in [0.3, 0.4) is 0 Å². The zero-order valence-electron chi connectivity index (χ0n) is 10.2. The van der Waals surface area contributed by atoms with Gasteiger partial charge in [0.15, 0.2) is 0 Å². The molecule has 0 aromatic rings. The summed E-state index contributed by atoms with van der Waals surface area (Å²) in [5.41, 5.74) is 0. The minimum atomic E-state index is -0.917. The first-order valence-electron chi connectivity index (χ1n) is 5.41. The molecule has 4 nitrogen and oxygen atoms in total. The van der Waals surface area contributed by atoms with Gasteiger partial charge in [0.05, 0.1) is 11.8 Å². The van der Waals surface area contributed by atoms with Crippen LogP contribution in [0.5, 0.6) is 0 Å². The number of hydrogen-bond acceptors (Lipinski definition) is 2. The molecule has 2 atom stereocenters. The molecule has 0 heterocycles. The molecule has 0 saturated heterocycles. The number of rotatable bonds is 6. The van der Waals surface area contributed by atoms with Crippen LogP contribution >= 0.6 is 0 Å². The van der Waals surface area contributed by atoms with Crippen molar-refractivity contribution in [3.8, 4) is 0 Å². The zero-order chi connectivity index (χ0) is 12.9. The van der Waals surface area contributed by atoms with Gasteiger partial charge in [-0.05, 0) is 11.8 Å². The van der Waals surface area contributed by atoms with Crippen molar-refractivity contribution in [1.82, 2.24) is 0 Å². The first-order valence-corrected chi connectivity index (χ1v) is 5.41. The number of hydrogen-bond donors (Lipinski definition) is 2. The SMILES string of the molecule is CC(C)C(/C=C/C(C(=O)O)C(C)C)C(=O)O. The average molecular weight is 228 g/mol. The van der Waals surface area contributed by atoms with Gasteiger partial charge in [0.1, 0.15) is 0 Å². The first-order chi connectivity index (χ1) is 7.27.